The second kappa shape index (κ2) is 6.38. The number of rotatable bonds is 0. The lowest BCUT2D eigenvalue weighted by molar-refractivity contribution is 0.217. The van der Waals surface area contributed by atoms with Gasteiger partial charge in [0.05, 0.1) is 22.4 Å². The number of nitrogens with zero attached hydrogens (tertiary/aromatic N) is 6. The lowest BCUT2D eigenvalue weighted by Crippen LogP contribution is -2.52. The Kier molecular flexibility index (Phi) is 4.21. The normalized spacial score (nSPS) is 23.6. The molecular weight excluding hydrogens is 343 g/mol. The van der Waals surface area contributed by atoms with E-state index in [0.29, 0.717) is 17.2 Å². The highest BCUT2D eigenvalue weighted by molar-refractivity contribution is 6.47. The van der Waals surface area contributed by atoms with Crippen LogP contribution in [-0.4, -0.2) is 67.0 Å². The Morgan fingerprint density at radius 3 is 2.68 bits per heavy atom. The van der Waals surface area contributed by atoms with Gasteiger partial charge in [-0.25, -0.2) is 14.4 Å². The summed E-state index contributed by atoms with van der Waals surface area (Å²) in [5.41, 5.74) is 1.19. The number of likely N-dealkylation sites (N-methyl/N-ethyl adjacent to an activating group) is 1. The van der Waals surface area contributed by atoms with Crippen LogP contribution in [0.2, 0.25) is 5.02 Å². The first-order valence-corrected chi connectivity index (χ1v) is 8.82. The van der Waals surface area contributed by atoms with Crippen molar-refractivity contribution in [1.82, 2.24) is 9.80 Å². The molecule has 0 aliphatic carbocycles. The lowest BCUT2D eigenvalue weighted by Gasteiger charge is -2.38. The van der Waals surface area contributed by atoms with Gasteiger partial charge in [0.15, 0.2) is 11.7 Å². The van der Waals surface area contributed by atoms with E-state index in [2.05, 4.69) is 28.9 Å². The standard InChI is InChI=1S/C17H20ClFN6/c1-11-3-4-20-25-15-9-12(18)13(19)10-14(15)22-16(17(25)21-11)24-7-5-23(2)6-8-24/h4,9-11H,3,5-8H2,1-2H3. The minimum atomic E-state index is -0.477. The summed E-state index contributed by atoms with van der Waals surface area (Å²) in [5, 5.41) is 6.35. The molecule has 1 fully saturated rings. The Balaban J connectivity index is 1.84. The monoisotopic (exact) mass is 362 g/mol. The van der Waals surface area contributed by atoms with Crippen molar-refractivity contribution in [2.75, 3.05) is 38.2 Å². The maximum Gasteiger partial charge on any atom is 0.193 e. The molecule has 132 valence electrons. The van der Waals surface area contributed by atoms with Gasteiger partial charge in [-0.1, -0.05) is 11.6 Å². The van der Waals surface area contributed by atoms with Gasteiger partial charge in [0.2, 0.25) is 0 Å². The van der Waals surface area contributed by atoms with E-state index in [1.165, 1.54) is 6.07 Å². The summed E-state index contributed by atoms with van der Waals surface area (Å²) < 4.78 is 14.0. The average Bonchev–Trinajstić information content (AvgIpc) is 2.78. The van der Waals surface area contributed by atoms with Crippen LogP contribution in [0, 0.1) is 5.82 Å². The number of aliphatic imine (C=N–C) groups is 2. The van der Waals surface area contributed by atoms with Crippen LogP contribution in [0.1, 0.15) is 13.3 Å². The molecule has 1 aromatic rings. The molecule has 0 radical (unpaired) electrons. The fourth-order valence-electron chi connectivity index (χ4n) is 3.16. The molecule has 0 bridgehead atoms. The molecule has 25 heavy (non-hydrogen) atoms. The van der Waals surface area contributed by atoms with Crippen molar-refractivity contribution in [3.8, 4) is 0 Å². The Labute approximate surface area is 151 Å². The molecule has 1 unspecified atom stereocenters. The van der Waals surface area contributed by atoms with E-state index < -0.39 is 5.82 Å². The Morgan fingerprint density at radius 2 is 1.92 bits per heavy atom. The van der Waals surface area contributed by atoms with Crippen LogP contribution in [0.15, 0.2) is 27.2 Å². The molecule has 3 heterocycles. The quantitative estimate of drug-likeness (QED) is 0.713. The zero-order valence-electron chi connectivity index (χ0n) is 14.3. The third kappa shape index (κ3) is 3.02. The molecule has 0 amide bonds. The number of benzene rings is 1. The number of anilines is 1. The lowest BCUT2D eigenvalue weighted by atomic mass is 10.2. The van der Waals surface area contributed by atoms with Gasteiger partial charge < -0.3 is 9.80 Å². The Hall–Kier alpha value is -1.99. The minimum Gasteiger partial charge on any atom is -0.351 e. The summed E-state index contributed by atoms with van der Waals surface area (Å²) in [7, 11) is 2.11. The fourth-order valence-corrected chi connectivity index (χ4v) is 3.32. The van der Waals surface area contributed by atoms with Crippen molar-refractivity contribution in [2.45, 2.75) is 19.4 Å². The summed E-state index contributed by atoms with van der Waals surface area (Å²) in [6, 6.07) is 3.05. The van der Waals surface area contributed by atoms with E-state index in [1.807, 2.05) is 6.21 Å². The summed E-state index contributed by atoms with van der Waals surface area (Å²) in [6.07, 6.45) is 2.59. The van der Waals surface area contributed by atoms with Crippen LogP contribution >= 0.6 is 11.6 Å². The predicted octanol–water partition coefficient (Wildman–Crippen LogP) is 2.75. The first-order chi connectivity index (χ1) is 12.0. The van der Waals surface area contributed by atoms with Crippen LogP contribution in [0.4, 0.5) is 15.8 Å². The third-order valence-corrected chi connectivity index (χ3v) is 4.95. The summed E-state index contributed by atoms with van der Waals surface area (Å²) >= 11 is 5.99. The first kappa shape index (κ1) is 16.5. The van der Waals surface area contributed by atoms with Crippen molar-refractivity contribution >= 4 is 40.9 Å². The molecule has 1 atom stereocenters. The molecule has 1 aromatic carbocycles. The van der Waals surface area contributed by atoms with Crippen LogP contribution in [0.25, 0.3) is 0 Å². The van der Waals surface area contributed by atoms with Crippen LogP contribution < -0.4 is 5.01 Å². The van der Waals surface area contributed by atoms with E-state index in [0.717, 1.165) is 38.4 Å². The molecule has 4 rings (SSSR count). The smallest absolute Gasteiger partial charge is 0.193 e. The highest BCUT2D eigenvalue weighted by Gasteiger charge is 2.33. The SMILES string of the molecule is CC1CC=NN2C(=N1)C(N1CCN(C)CC1)=Nc1cc(F)c(Cl)cc12. The maximum atomic E-state index is 14.0. The van der Waals surface area contributed by atoms with Gasteiger partial charge in [0, 0.05) is 44.9 Å². The summed E-state index contributed by atoms with van der Waals surface area (Å²) in [5.74, 6) is 0.989. The molecule has 0 spiro atoms. The summed E-state index contributed by atoms with van der Waals surface area (Å²) in [6.45, 7) is 5.66. The fraction of sp³-hybridized carbons (Fsp3) is 0.471. The van der Waals surface area contributed by atoms with E-state index in [9.17, 15) is 4.39 Å². The minimum absolute atomic E-state index is 0.0591. The van der Waals surface area contributed by atoms with E-state index in [4.69, 9.17) is 21.6 Å². The molecule has 3 aliphatic heterocycles. The highest BCUT2D eigenvalue weighted by atomic mass is 35.5. The van der Waals surface area contributed by atoms with Crippen molar-refractivity contribution in [2.24, 2.45) is 15.1 Å². The number of hydrazone groups is 1. The van der Waals surface area contributed by atoms with Gasteiger partial charge in [-0.3, -0.25) is 4.99 Å². The average molecular weight is 363 g/mol. The molecule has 8 heteroatoms. The third-order valence-electron chi connectivity index (χ3n) is 4.66. The van der Waals surface area contributed by atoms with Crippen molar-refractivity contribution in [3.63, 3.8) is 0 Å². The largest absolute Gasteiger partial charge is 0.351 e. The van der Waals surface area contributed by atoms with Gasteiger partial charge in [-0.2, -0.15) is 5.10 Å². The van der Waals surface area contributed by atoms with Gasteiger partial charge in [-0.05, 0) is 20.0 Å². The van der Waals surface area contributed by atoms with Crippen LogP contribution in [0.5, 0.6) is 0 Å². The summed E-state index contributed by atoms with van der Waals surface area (Å²) in [4.78, 5) is 14.0. The predicted molar refractivity (Wildman–Crippen MR) is 100 cm³/mol. The number of halogens is 2. The second-order valence-corrected chi connectivity index (χ2v) is 7.04. The number of hydrogen-bond donors (Lipinski definition) is 0. The zero-order chi connectivity index (χ0) is 17.6. The zero-order valence-corrected chi connectivity index (χ0v) is 15.0. The molecular formula is C17H20ClFN6. The maximum absolute atomic E-state index is 14.0. The van der Waals surface area contributed by atoms with E-state index in [-0.39, 0.29) is 11.1 Å². The Morgan fingerprint density at radius 1 is 1.16 bits per heavy atom. The Bertz CT molecular complexity index is 782. The first-order valence-electron chi connectivity index (χ1n) is 8.45. The van der Waals surface area contributed by atoms with E-state index >= 15 is 0 Å². The van der Waals surface area contributed by atoms with Crippen molar-refractivity contribution in [1.29, 1.82) is 0 Å². The number of fused-ring (bicyclic) bond motifs is 3. The van der Waals surface area contributed by atoms with Crippen molar-refractivity contribution < 1.29 is 4.39 Å². The molecule has 1 saturated heterocycles. The van der Waals surface area contributed by atoms with Gasteiger partial charge in [0.1, 0.15) is 5.82 Å². The molecule has 0 aromatic heterocycles. The molecule has 0 N–H and O–H groups in total. The van der Waals surface area contributed by atoms with Gasteiger partial charge >= 0.3 is 0 Å². The topological polar surface area (TPSA) is 46.8 Å². The van der Waals surface area contributed by atoms with Gasteiger partial charge in [0.25, 0.3) is 0 Å². The number of piperazine rings is 1. The number of amidine groups is 2. The second-order valence-electron chi connectivity index (χ2n) is 6.63. The highest BCUT2D eigenvalue weighted by Crippen LogP contribution is 2.38. The van der Waals surface area contributed by atoms with Crippen LogP contribution in [-0.2, 0) is 0 Å². The van der Waals surface area contributed by atoms with Gasteiger partial charge in [-0.15, -0.1) is 0 Å². The number of hydrogen-bond acceptors (Lipinski definition) is 6. The molecule has 0 saturated carbocycles. The van der Waals surface area contributed by atoms with E-state index in [1.54, 1.807) is 11.1 Å². The van der Waals surface area contributed by atoms with Crippen LogP contribution in [0.3, 0.4) is 0 Å². The van der Waals surface area contributed by atoms with Crippen molar-refractivity contribution in [3.05, 3.63) is 23.0 Å². The molecule has 6 nitrogen and oxygen atoms in total. The molecule has 3 aliphatic rings.